The quantitative estimate of drug-likeness (QED) is 0.487. The van der Waals surface area contributed by atoms with Crippen LogP contribution in [0.4, 0.5) is 5.82 Å². The summed E-state index contributed by atoms with van der Waals surface area (Å²) in [5.41, 5.74) is 4.37. The van der Waals surface area contributed by atoms with Crippen molar-refractivity contribution in [3.05, 3.63) is 60.0 Å². The summed E-state index contributed by atoms with van der Waals surface area (Å²) in [6, 6.07) is 11.3. The van der Waals surface area contributed by atoms with E-state index in [4.69, 9.17) is 0 Å². The lowest BCUT2D eigenvalue weighted by molar-refractivity contribution is 0.102. The molecule has 5 heterocycles. The van der Waals surface area contributed by atoms with Crippen molar-refractivity contribution in [2.75, 3.05) is 11.9 Å². The number of nitrogens with one attached hydrogen (secondary N) is 2. The van der Waals surface area contributed by atoms with Crippen molar-refractivity contribution in [3.8, 4) is 0 Å². The summed E-state index contributed by atoms with van der Waals surface area (Å²) in [6.45, 7) is 4.51. The molecular formula is C23H22N6OSi. The number of fused-ring (bicyclic) bond motifs is 2. The lowest BCUT2D eigenvalue weighted by Gasteiger charge is -2.24. The van der Waals surface area contributed by atoms with Crippen molar-refractivity contribution in [3.63, 3.8) is 0 Å². The number of nitrogens with zero attached hydrogens (tertiary/aromatic N) is 4. The summed E-state index contributed by atoms with van der Waals surface area (Å²) in [5.74, 6) is 0.342. The van der Waals surface area contributed by atoms with Crippen LogP contribution in [0, 0.1) is 0 Å². The fourth-order valence-electron chi connectivity index (χ4n) is 4.87. The molecule has 2 aliphatic rings. The summed E-state index contributed by atoms with van der Waals surface area (Å²) in [4.78, 5) is 23.4. The molecule has 2 N–H and O–H groups in total. The van der Waals surface area contributed by atoms with Gasteiger partial charge in [-0.3, -0.25) is 9.69 Å². The van der Waals surface area contributed by atoms with Gasteiger partial charge < -0.3 is 10.3 Å². The highest BCUT2D eigenvalue weighted by Gasteiger charge is 2.57. The number of amides is 1. The maximum absolute atomic E-state index is 12.7. The molecule has 0 aliphatic carbocycles. The predicted molar refractivity (Wildman–Crippen MR) is 121 cm³/mol. The first-order valence-electron chi connectivity index (χ1n) is 10.6. The number of rotatable bonds is 4. The number of H-pyrrole nitrogens is 1. The van der Waals surface area contributed by atoms with Gasteiger partial charge in [-0.05, 0) is 55.3 Å². The highest BCUT2D eigenvalue weighted by Crippen LogP contribution is 2.52. The summed E-state index contributed by atoms with van der Waals surface area (Å²) in [6.07, 6.45) is 6.08. The second kappa shape index (κ2) is 6.96. The van der Waals surface area contributed by atoms with Gasteiger partial charge in [0.1, 0.15) is 5.82 Å². The van der Waals surface area contributed by atoms with Gasteiger partial charge in [0.15, 0.2) is 0 Å². The number of hydrogen-bond acceptors (Lipinski definition) is 5. The average Bonchev–Trinajstić information content (AvgIpc) is 3.09. The van der Waals surface area contributed by atoms with E-state index in [0.717, 1.165) is 43.4 Å². The van der Waals surface area contributed by atoms with Gasteiger partial charge in [-0.1, -0.05) is 6.92 Å². The van der Waals surface area contributed by atoms with Crippen LogP contribution in [0.1, 0.15) is 35.8 Å². The molecule has 2 saturated heterocycles. The molecule has 1 amide bonds. The Hall–Kier alpha value is -3.10. The SMILES string of the molecule is C[C@H]1[Si][C@@]12CCCN2Cc1cc2cnc(NC(=O)c3ccc4nnccc4c3)cc2[nH]1. The molecule has 0 bridgehead atoms. The van der Waals surface area contributed by atoms with Crippen LogP contribution in [0.3, 0.4) is 0 Å². The predicted octanol–water partition coefficient (Wildman–Crippen LogP) is 3.58. The monoisotopic (exact) mass is 426 g/mol. The number of benzene rings is 1. The summed E-state index contributed by atoms with van der Waals surface area (Å²) >= 11 is 0. The van der Waals surface area contributed by atoms with E-state index >= 15 is 0 Å². The van der Waals surface area contributed by atoms with Gasteiger partial charge in [0.05, 0.1) is 26.7 Å². The van der Waals surface area contributed by atoms with E-state index in [0.29, 0.717) is 16.5 Å². The maximum Gasteiger partial charge on any atom is 0.256 e. The highest BCUT2D eigenvalue weighted by atomic mass is 28.2. The molecule has 4 aromatic rings. The number of pyridine rings is 1. The maximum atomic E-state index is 12.7. The molecule has 2 fully saturated rings. The topological polar surface area (TPSA) is 86.8 Å². The Balaban J connectivity index is 1.21. The van der Waals surface area contributed by atoms with Crippen molar-refractivity contribution < 1.29 is 4.79 Å². The van der Waals surface area contributed by atoms with E-state index in [1.807, 2.05) is 24.4 Å². The largest absolute Gasteiger partial charge is 0.357 e. The second-order valence-corrected chi connectivity index (χ2v) is 10.5. The number of carbonyl (C=O) groups is 1. The molecule has 1 spiro atoms. The summed E-state index contributed by atoms with van der Waals surface area (Å²) < 4.78 is 0. The number of hydrogen-bond donors (Lipinski definition) is 2. The lowest BCUT2D eigenvalue weighted by atomic mass is 10.1. The van der Waals surface area contributed by atoms with Crippen LogP contribution in [0.5, 0.6) is 0 Å². The Bertz CT molecular complexity index is 1320. The Morgan fingerprint density at radius 2 is 2.19 bits per heavy atom. The van der Waals surface area contributed by atoms with Crippen LogP contribution in [0.2, 0.25) is 5.54 Å². The minimum atomic E-state index is -0.194. The van der Waals surface area contributed by atoms with Crippen LogP contribution in [0.25, 0.3) is 21.8 Å². The molecule has 2 radical (unpaired) electrons. The first kappa shape index (κ1) is 18.6. The number of anilines is 1. The zero-order valence-electron chi connectivity index (χ0n) is 17.2. The molecular weight excluding hydrogens is 404 g/mol. The Labute approximate surface area is 182 Å². The molecule has 0 saturated carbocycles. The second-order valence-electron chi connectivity index (χ2n) is 8.53. The van der Waals surface area contributed by atoms with E-state index in [1.54, 1.807) is 18.3 Å². The number of aromatic amines is 1. The van der Waals surface area contributed by atoms with Crippen LogP contribution < -0.4 is 5.32 Å². The zero-order chi connectivity index (χ0) is 21.0. The Kier molecular flexibility index (Phi) is 4.19. The molecule has 31 heavy (non-hydrogen) atoms. The fourth-order valence-corrected chi connectivity index (χ4v) is 6.56. The molecule has 8 heteroatoms. The first-order chi connectivity index (χ1) is 15.1. The number of likely N-dealkylation sites (tertiary alicyclic amines) is 1. The zero-order valence-corrected chi connectivity index (χ0v) is 18.2. The van der Waals surface area contributed by atoms with E-state index in [-0.39, 0.29) is 5.91 Å². The molecule has 6 rings (SSSR count). The molecule has 154 valence electrons. The average molecular weight is 427 g/mol. The minimum absolute atomic E-state index is 0.194. The third-order valence-electron chi connectivity index (χ3n) is 6.59. The van der Waals surface area contributed by atoms with Crippen molar-refractivity contribution >= 4 is 43.1 Å². The van der Waals surface area contributed by atoms with Crippen LogP contribution in [0.15, 0.2) is 48.8 Å². The van der Waals surface area contributed by atoms with E-state index < -0.39 is 0 Å². The molecule has 3 aromatic heterocycles. The lowest BCUT2D eigenvalue weighted by Crippen LogP contribution is -2.32. The van der Waals surface area contributed by atoms with E-state index in [1.165, 1.54) is 25.1 Å². The van der Waals surface area contributed by atoms with Crippen LogP contribution >= 0.6 is 0 Å². The standard InChI is InChI=1S/C23H22N6OSi/c1-14-23(31-14)6-2-8-29(23)13-18-10-17-12-24-21(11-20(17)26-18)27-22(30)16-3-4-19-15(9-16)5-7-25-28-19/h3-5,7,9-12,14,26H,2,6,8,13H2,1H3,(H,24,27,30)/t14-,23+/m1/s1. The molecule has 2 atom stereocenters. The normalized spacial score (nSPS) is 23.1. The van der Waals surface area contributed by atoms with Gasteiger partial charge in [-0.15, -0.1) is 0 Å². The van der Waals surface area contributed by atoms with Crippen molar-refractivity contribution in [2.24, 2.45) is 0 Å². The van der Waals surface area contributed by atoms with Gasteiger partial charge in [-0.25, -0.2) is 4.98 Å². The third kappa shape index (κ3) is 3.23. The Morgan fingerprint density at radius 1 is 1.29 bits per heavy atom. The summed E-state index contributed by atoms with van der Waals surface area (Å²) in [7, 11) is 1.07. The van der Waals surface area contributed by atoms with Crippen molar-refractivity contribution in [1.29, 1.82) is 0 Å². The fraction of sp³-hybridized carbons (Fsp3) is 0.304. The summed E-state index contributed by atoms with van der Waals surface area (Å²) in [5, 5.41) is 13.3. The van der Waals surface area contributed by atoms with E-state index in [9.17, 15) is 4.79 Å². The first-order valence-corrected chi connectivity index (χ1v) is 11.7. The highest BCUT2D eigenvalue weighted by molar-refractivity contribution is 6.57. The molecule has 2 aliphatic heterocycles. The van der Waals surface area contributed by atoms with Gasteiger partial charge in [0, 0.05) is 46.0 Å². The van der Waals surface area contributed by atoms with Crippen LogP contribution in [-0.2, 0) is 6.54 Å². The number of aromatic nitrogens is 4. The van der Waals surface area contributed by atoms with Crippen LogP contribution in [-0.4, -0.2) is 52.2 Å². The molecule has 0 unspecified atom stereocenters. The van der Waals surface area contributed by atoms with Gasteiger partial charge in [-0.2, -0.15) is 10.2 Å². The smallest absolute Gasteiger partial charge is 0.256 e. The van der Waals surface area contributed by atoms with Crippen molar-refractivity contribution in [2.45, 2.75) is 37.0 Å². The van der Waals surface area contributed by atoms with Crippen molar-refractivity contribution in [1.82, 2.24) is 25.1 Å². The number of carbonyl (C=O) groups excluding carboxylic acids is 1. The molecule has 7 nitrogen and oxygen atoms in total. The van der Waals surface area contributed by atoms with Gasteiger partial charge in [0.25, 0.3) is 5.91 Å². The van der Waals surface area contributed by atoms with E-state index in [2.05, 4.69) is 43.4 Å². The third-order valence-corrected chi connectivity index (χ3v) is 8.69. The Morgan fingerprint density at radius 3 is 3.06 bits per heavy atom. The van der Waals surface area contributed by atoms with Gasteiger partial charge in [0.2, 0.25) is 0 Å². The molecule has 1 aromatic carbocycles. The van der Waals surface area contributed by atoms with Gasteiger partial charge >= 0.3 is 0 Å². The minimum Gasteiger partial charge on any atom is -0.357 e.